The number of para-hydroxylation sites is 1. The van der Waals surface area contributed by atoms with E-state index in [2.05, 4.69) is 10.4 Å². The van der Waals surface area contributed by atoms with Crippen molar-refractivity contribution < 1.29 is 18.8 Å². The van der Waals surface area contributed by atoms with Crippen LogP contribution in [0.1, 0.15) is 36.3 Å². The van der Waals surface area contributed by atoms with Crippen molar-refractivity contribution in [1.82, 2.24) is 20.0 Å². The Labute approximate surface area is 201 Å². The summed E-state index contributed by atoms with van der Waals surface area (Å²) in [5.74, 6) is -1.74. The molecule has 0 aliphatic carbocycles. The predicted molar refractivity (Wildman–Crippen MR) is 128 cm³/mol. The average Bonchev–Trinajstić information content (AvgIpc) is 3.16. The van der Waals surface area contributed by atoms with Crippen LogP contribution in [0, 0.1) is 11.7 Å². The number of carbonyl (C=O) groups is 3. The van der Waals surface area contributed by atoms with E-state index in [0.717, 1.165) is 0 Å². The second kappa shape index (κ2) is 11.1. The summed E-state index contributed by atoms with van der Waals surface area (Å²) in [6.07, 6.45) is 0.689. The highest BCUT2D eigenvalue weighted by Crippen LogP contribution is 2.19. The Kier molecular flexibility index (Phi) is 8.22. The topological polar surface area (TPSA) is 110 Å². The molecule has 0 saturated heterocycles. The monoisotopic (exact) mass is 487 g/mol. The molecule has 0 radical (unpaired) electrons. The standard InChI is InChI=1S/C24H27ClFN5O3/c1-15(2)10-11-30(13-20(32)28-12-16-6-5-8-18(25)22(16)26)21(33)14-31-19-9-4-3-7-17(19)23(29-31)24(27)34/h3-9,15H,10-14H2,1-2H3,(H2,27,34)(H,28,32). The van der Waals surface area contributed by atoms with Crippen LogP contribution in [0.4, 0.5) is 4.39 Å². The van der Waals surface area contributed by atoms with Crippen molar-refractivity contribution >= 4 is 40.2 Å². The number of fused-ring (bicyclic) bond motifs is 1. The highest BCUT2D eigenvalue weighted by molar-refractivity contribution is 6.30. The van der Waals surface area contributed by atoms with E-state index in [1.54, 1.807) is 30.3 Å². The number of nitrogens with one attached hydrogen (secondary N) is 1. The number of amides is 3. The maximum Gasteiger partial charge on any atom is 0.269 e. The van der Waals surface area contributed by atoms with Crippen LogP contribution in [0.15, 0.2) is 42.5 Å². The number of nitrogens with zero attached hydrogens (tertiary/aromatic N) is 3. The second-order valence-electron chi connectivity index (χ2n) is 8.38. The molecule has 0 unspecified atom stereocenters. The third-order valence-electron chi connectivity index (χ3n) is 5.35. The molecule has 3 aromatic rings. The van der Waals surface area contributed by atoms with Gasteiger partial charge in [0.05, 0.1) is 17.1 Å². The number of rotatable bonds is 10. The number of hydrogen-bond donors (Lipinski definition) is 2. The number of carbonyl (C=O) groups excluding carboxylic acids is 3. The van der Waals surface area contributed by atoms with Gasteiger partial charge in [-0.15, -0.1) is 0 Å². The van der Waals surface area contributed by atoms with E-state index in [1.807, 2.05) is 13.8 Å². The Morgan fingerprint density at radius 1 is 1.18 bits per heavy atom. The molecule has 3 N–H and O–H groups in total. The smallest absolute Gasteiger partial charge is 0.269 e. The van der Waals surface area contributed by atoms with Crippen molar-refractivity contribution in [3.63, 3.8) is 0 Å². The molecule has 8 nitrogen and oxygen atoms in total. The Hall–Kier alpha value is -3.46. The van der Waals surface area contributed by atoms with Crippen molar-refractivity contribution in [1.29, 1.82) is 0 Å². The summed E-state index contributed by atoms with van der Waals surface area (Å²) in [6.45, 7) is 3.98. The molecule has 0 aliphatic heterocycles. The van der Waals surface area contributed by atoms with Gasteiger partial charge >= 0.3 is 0 Å². The minimum atomic E-state index is -0.688. The van der Waals surface area contributed by atoms with Gasteiger partial charge in [0.1, 0.15) is 12.4 Å². The summed E-state index contributed by atoms with van der Waals surface area (Å²) in [4.78, 5) is 38.9. The molecule has 34 heavy (non-hydrogen) atoms. The lowest BCUT2D eigenvalue weighted by Crippen LogP contribution is -2.42. The minimum absolute atomic E-state index is 0.0257. The summed E-state index contributed by atoms with van der Waals surface area (Å²) in [6, 6.07) is 11.5. The molecule has 3 rings (SSSR count). The van der Waals surface area contributed by atoms with Crippen molar-refractivity contribution in [2.75, 3.05) is 13.1 Å². The highest BCUT2D eigenvalue weighted by Gasteiger charge is 2.21. The number of aromatic nitrogens is 2. The average molecular weight is 488 g/mol. The van der Waals surface area contributed by atoms with Crippen LogP contribution < -0.4 is 11.1 Å². The first kappa shape index (κ1) is 25.2. The van der Waals surface area contributed by atoms with Gasteiger partial charge in [0, 0.05) is 24.0 Å². The van der Waals surface area contributed by atoms with Gasteiger partial charge < -0.3 is 16.0 Å². The van der Waals surface area contributed by atoms with Crippen molar-refractivity contribution in [2.45, 2.75) is 33.4 Å². The lowest BCUT2D eigenvalue weighted by Gasteiger charge is -2.23. The molecular weight excluding hydrogens is 461 g/mol. The van der Waals surface area contributed by atoms with E-state index in [0.29, 0.717) is 29.8 Å². The van der Waals surface area contributed by atoms with Gasteiger partial charge in [-0.1, -0.05) is 55.8 Å². The van der Waals surface area contributed by atoms with Crippen LogP contribution in [0.25, 0.3) is 10.9 Å². The summed E-state index contributed by atoms with van der Waals surface area (Å²) in [7, 11) is 0. The minimum Gasteiger partial charge on any atom is -0.364 e. The fourth-order valence-electron chi connectivity index (χ4n) is 3.47. The largest absolute Gasteiger partial charge is 0.364 e. The number of primary amides is 1. The van der Waals surface area contributed by atoms with Crippen molar-refractivity contribution in [3.8, 4) is 0 Å². The lowest BCUT2D eigenvalue weighted by atomic mass is 10.1. The molecule has 1 heterocycles. The van der Waals surface area contributed by atoms with E-state index >= 15 is 0 Å². The van der Waals surface area contributed by atoms with E-state index in [1.165, 1.54) is 21.7 Å². The number of halogens is 2. The maximum absolute atomic E-state index is 14.1. The molecule has 0 atom stereocenters. The van der Waals surface area contributed by atoms with Gasteiger partial charge in [-0.3, -0.25) is 19.1 Å². The molecule has 1 aromatic heterocycles. The Balaban J connectivity index is 1.73. The van der Waals surface area contributed by atoms with Gasteiger partial charge in [-0.25, -0.2) is 4.39 Å². The summed E-state index contributed by atoms with van der Waals surface area (Å²) in [5, 5.41) is 7.38. The number of hydrogen-bond acceptors (Lipinski definition) is 4. The van der Waals surface area contributed by atoms with Crippen molar-refractivity contribution in [3.05, 3.63) is 64.6 Å². The molecular formula is C24H27ClFN5O3. The van der Waals surface area contributed by atoms with E-state index in [-0.39, 0.29) is 41.8 Å². The summed E-state index contributed by atoms with van der Waals surface area (Å²) < 4.78 is 15.5. The van der Waals surface area contributed by atoms with Crippen LogP contribution in [0.2, 0.25) is 5.02 Å². The Morgan fingerprint density at radius 2 is 1.91 bits per heavy atom. The summed E-state index contributed by atoms with van der Waals surface area (Å²) >= 11 is 5.79. The van der Waals surface area contributed by atoms with Crippen LogP contribution >= 0.6 is 11.6 Å². The van der Waals surface area contributed by atoms with Gasteiger partial charge in [0.2, 0.25) is 11.8 Å². The Bertz CT molecular complexity index is 1210. The zero-order valence-electron chi connectivity index (χ0n) is 19.1. The maximum atomic E-state index is 14.1. The van der Waals surface area contributed by atoms with Crippen LogP contribution in [0.5, 0.6) is 0 Å². The van der Waals surface area contributed by atoms with Crippen LogP contribution in [0.3, 0.4) is 0 Å². The normalized spacial score (nSPS) is 11.1. The molecule has 2 aromatic carbocycles. The molecule has 0 bridgehead atoms. The van der Waals surface area contributed by atoms with Crippen LogP contribution in [-0.4, -0.2) is 45.5 Å². The van der Waals surface area contributed by atoms with Gasteiger partial charge in [-0.05, 0) is 24.5 Å². The fraction of sp³-hybridized carbons (Fsp3) is 0.333. The summed E-state index contributed by atoms with van der Waals surface area (Å²) in [5.41, 5.74) is 6.36. The first-order valence-corrected chi connectivity index (χ1v) is 11.3. The zero-order valence-corrected chi connectivity index (χ0v) is 19.8. The zero-order chi connectivity index (χ0) is 24.8. The molecule has 10 heteroatoms. The number of nitrogens with two attached hydrogens (primary N) is 1. The van der Waals surface area contributed by atoms with Gasteiger partial charge in [-0.2, -0.15) is 5.10 Å². The third kappa shape index (κ3) is 6.11. The predicted octanol–water partition coefficient (Wildman–Crippen LogP) is 3.12. The Morgan fingerprint density at radius 3 is 2.62 bits per heavy atom. The van der Waals surface area contributed by atoms with E-state index in [4.69, 9.17) is 17.3 Å². The number of benzene rings is 2. The van der Waals surface area contributed by atoms with E-state index < -0.39 is 17.6 Å². The van der Waals surface area contributed by atoms with E-state index in [9.17, 15) is 18.8 Å². The van der Waals surface area contributed by atoms with Crippen molar-refractivity contribution in [2.24, 2.45) is 11.7 Å². The quantitative estimate of drug-likeness (QED) is 0.457. The lowest BCUT2D eigenvalue weighted by molar-refractivity contribution is -0.136. The molecule has 3 amide bonds. The first-order chi connectivity index (χ1) is 16.2. The molecule has 0 fully saturated rings. The van der Waals surface area contributed by atoms with Gasteiger partial charge in [0.25, 0.3) is 5.91 Å². The molecule has 180 valence electrons. The first-order valence-electron chi connectivity index (χ1n) is 10.9. The molecule has 0 saturated carbocycles. The second-order valence-corrected chi connectivity index (χ2v) is 8.78. The molecule has 0 spiro atoms. The fourth-order valence-corrected chi connectivity index (χ4v) is 3.67. The van der Waals surface area contributed by atoms with Crippen LogP contribution in [-0.2, 0) is 22.7 Å². The molecule has 0 aliphatic rings. The SMILES string of the molecule is CC(C)CCN(CC(=O)NCc1cccc(Cl)c1F)C(=O)Cn1nc(C(N)=O)c2ccccc21. The highest BCUT2D eigenvalue weighted by atomic mass is 35.5. The van der Waals surface area contributed by atoms with Gasteiger partial charge in [0.15, 0.2) is 5.69 Å². The third-order valence-corrected chi connectivity index (χ3v) is 5.64.